The summed E-state index contributed by atoms with van der Waals surface area (Å²) < 4.78 is 4.75. The van der Waals surface area contributed by atoms with Crippen LogP contribution in [0.3, 0.4) is 0 Å². The van der Waals surface area contributed by atoms with Crippen LogP contribution in [0, 0.1) is 0 Å². The summed E-state index contributed by atoms with van der Waals surface area (Å²) in [7, 11) is 0. The van der Waals surface area contributed by atoms with Gasteiger partial charge in [-0.25, -0.2) is 4.79 Å². The molecule has 9 heavy (non-hydrogen) atoms. The molecule has 1 atom stereocenters. The van der Waals surface area contributed by atoms with Crippen molar-refractivity contribution < 1.29 is 14.6 Å². The molecule has 1 N–H and O–H groups in total. The van der Waals surface area contributed by atoms with Crippen LogP contribution in [-0.4, -0.2) is 30.6 Å². The lowest BCUT2D eigenvalue weighted by Crippen LogP contribution is -2.07. The Morgan fingerprint density at radius 1 is 1.89 bits per heavy atom. The molecule has 0 bridgehead atoms. The van der Waals surface area contributed by atoms with Gasteiger partial charge < -0.3 is 9.84 Å². The Hall–Kier alpha value is -0.700. The van der Waals surface area contributed by atoms with Crippen LogP contribution in [0.5, 0.6) is 0 Å². The topological polar surface area (TPSA) is 58.9 Å². The van der Waals surface area contributed by atoms with E-state index >= 15 is 0 Å². The first-order valence-corrected chi connectivity index (χ1v) is 2.60. The van der Waals surface area contributed by atoms with Gasteiger partial charge in [-0.2, -0.15) is 4.99 Å². The fourth-order valence-corrected chi connectivity index (χ4v) is 0.335. The van der Waals surface area contributed by atoms with Crippen LogP contribution in [-0.2, 0) is 9.53 Å². The first kappa shape index (κ1) is 8.30. The molecule has 52 valence electrons. The minimum atomic E-state index is -0.491. The van der Waals surface area contributed by atoms with Gasteiger partial charge in [-0.05, 0) is 6.92 Å². The molecule has 0 amide bonds. The molecule has 0 aromatic rings. The molecule has 4 nitrogen and oxygen atoms in total. The zero-order valence-corrected chi connectivity index (χ0v) is 5.20. The fraction of sp³-hybridized carbons (Fsp3) is 0.800. The number of nitrogens with zero attached hydrogens (tertiary/aromatic N) is 1. The van der Waals surface area contributed by atoms with E-state index in [1.807, 2.05) is 0 Å². The van der Waals surface area contributed by atoms with Crippen molar-refractivity contribution in [1.82, 2.24) is 0 Å². The van der Waals surface area contributed by atoms with E-state index in [-0.39, 0.29) is 13.2 Å². The number of hydrogen-bond acceptors (Lipinski definition) is 4. The van der Waals surface area contributed by atoms with Gasteiger partial charge in [-0.15, -0.1) is 0 Å². The summed E-state index contributed by atoms with van der Waals surface area (Å²) in [4.78, 5) is 12.8. The van der Waals surface area contributed by atoms with Crippen molar-refractivity contribution in [2.75, 3.05) is 13.2 Å². The van der Waals surface area contributed by atoms with Gasteiger partial charge in [0.1, 0.15) is 0 Å². The molecule has 0 heterocycles. The molecule has 0 aliphatic heterocycles. The lowest BCUT2D eigenvalue weighted by molar-refractivity contribution is 0.0443. The van der Waals surface area contributed by atoms with E-state index in [1.54, 1.807) is 6.92 Å². The van der Waals surface area contributed by atoms with Gasteiger partial charge in [0, 0.05) is 0 Å². The monoisotopic (exact) mass is 131 g/mol. The highest BCUT2D eigenvalue weighted by Gasteiger charge is 1.94. The molecule has 4 heteroatoms. The van der Waals surface area contributed by atoms with Crippen LogP contribution in [0.2, 0.25) is 0 Å². The SMILES string of the molecule is CC(N=C=O)OCCO. The summed E-state index contributed by atoms with van der Waals surface area (Å²) in [6.07, 6.45) is 0.854. The number of aliphatic hydroxyl groups is 1. The summed E-state index contributed by atoms with van der Waals surface area (Å²) in [5.41, 5.74) is 0. The lowest BCUT2D eigenvalue weighted by atomic mass is 10.6. The zero-order chi connectivity index (χ0) is 7.11. The predicted octanol–water partition coefficient (Wildman–Crippen LogP) is -0.323. The molecule has 0 radical (unpaired) electrons. The van der Waals surface area contributed by atoms with Crippen LogP contribution >= 0.6 is 0 Å². The van der Waals surface area contributed by atoms with E-state index < -0.39 is 6.23 Å². The zero-order valence-electron chi connectivity index (χ0n) is 5.20. The average Bonchev–Trinajstić information content (AvgIpc) is 1.85. The van der Waals surface area contributed by atoms with E-state index in [0.717, 1.165) is 0 Å². The second-order valence-corrected chi connectivity index (χ2v) is 1.41. The fourth-order valence-electron chi connectivity index (χ4n) is 0.335. The summed E-state index contributed by atoms with van der Waals surface area (Å²) in [6.45, 7) is 1.74. The molecule has 0 aromatic heterocycles. The maximum absolute atomic E-state index is 9.54. The number of carbonyl (C=O) groups excluding carboxylic acids is 1. The van der Waals surface area contributed by atoms with Crippen LogP contribution in [0.4, 0.5) is 0 Å². The molecule has 0 aliphatic carbocycles. The number of ether oxygens (including phenoxy) is 1. The highest BCUT2D eigenvalue weighted by Crippen LogP contribution is 1.88. The van der Waals surface area contributed by atoms with Crippen molar-refractivity contribution in [3.05, 3.63) is 0 Å². The van der Waals surface area contributed by atoms with Crippen molar-refractivity contribution >= 4 is 6.08 Å². The third-order valence-corrected chi connectivity index (χ3v) is 0.685. The largest absolute Gasteiger partial charge is 0.394 e. The van der Waals surface area contributed by atoms with Gasteiger partial charge in [0.05, 0.1) is 13.2 Å². The third-order valence-electron chi connectivity index (χ3n) is 0.685. The highest BCUT2D eigenvalue weighted by atomic mass is 16.5. The van der Waals surface area contributed by atoms with Crippen molar-refractivity contribution in [2.45, 2.75) is 13.2 Å². The van der Waals surface area contributed by atoms with Crippen molar-refractivity contribution in [3.63, 3.8) is 0 Å². The van der Waals surface area contributed by atoms with Crippen molar-refractivity contribution in [3.8, 4) is 0 Å². The number of aliphatic hydroxyl groups excluding tert-OH is 1. The minimum absolute atomic E-state index is 0.0568. The van der Waals surface area contributed by atoms with E-state index in [0.29, 0.717) is 0 Å². The Morgan fingerprint density at radius 2 is 2.56 bits per heavy atom. The number of rotatable bonds is 4. The minimum Gasteiger partial charge on any atom is -0.394 e. The Labute approximate surface area is 53.2 Å². The molecular formula is C5H9NO3. The normalized spacial score (nSPS) is 12.2. The van der Waals surface area contributed by atoms with E-state index in [2.05, 4.69) is 4.99 Å². The molecular weight excluding hydrogens is 122 g/mol. The number of hydrogen-bond donors (Lipinski definition) is 1. The first-order chi connectivity index (χ1) is 4.31. The summed E-state index contributed by atoms with van der Waals surface area (Å²) in [5, 5.41) is 8.22. The Morgan fingerprint density at radius 3 is 3.00 bits per heavy atom. The summed E-state index contributed by atoms with van der Waals surface area (Å²) in [6, 6.07) is 0. The molecule has 0 saturated carbocycles. The molecule has 0 spiro atoms. The van der Waals surface area contributed by atoms with E-state index in [9.17, 15) is 4.79 Å². The molecule has 0 aromatic carbocycles. The van der Waals surface area contributed by atoms with Gasteiger partial charge in [0.25, 0.3) is 0 Å². The maximum atomic E-state index is 9.54. The molecule has 0 rings (SSSR count). The average molecular weight is 131 g/mol. The van der Waals surface area contributed by atoms with Crippen molar-refractivity contribution in [2.24, 2.45) is 4.99 Å². The summed E-state index contributed by atoms with van der Waals surface area (Å²) in [5.74, 6) is 0. The third kappa shape index (κ3) is 5.17. The Bertz CT molecular complexity index is 109. The molecule has 0 saturated heterocycles. The van der Waals surface area contributed by atoms with Gasteiger partial charge in [0.2, 0.25) is 6.08 Å². The standard InChI is InChI=1S/C5H9NO3/c1-5(6-4-8)9-3-2-7/h5,7H,2-3H2,1H3. The Balaban J connectivity index is 3.26. The molecule has 0 fully saturated rings. The second kappa shape index (κ2) is 5.44. The highest BCUT2D eigenvalue weighted by molar-refractivity contribution is 5.32. The van der Waals surface area contributed by atoms with Gasteiger partial charge in [-0.3, -0.25) is 0 Å². The van der Waals surface area contributed by atoms with Crippen LogP contribution in [0.15, 0.2) is 4.99 Å². The van der Waals surface area contributed by atoms with Gasteiger partial charge in [-0.1, -0.05) is 0 Å². The second-order valence-electron chi connectivity index (χ2n) is 1.41. The van der Waals surface area contributed by atoms with E-state index in [1.165, 1.54) is 6.08 Å². The van der Waals surface area contributed by atoms with Crippen molar-refractivity contribution in [1.29, 1.82) is 0 Å². The van der Waals surface area contributed by atoms with Crippen LogP contribution < -0.4 is 0 Å². The summed E-state index contributed by atoms with van der Waals surface area (Å²) >= 11 is 0. The molecule has 0 aliphatic rings. The quantitative estimate of drug-likeness (QED) is 0.420. The Kier molecular flexibility index (Phi) is 5.01. The number of isocyanates is 1. The smallest absolute Gasteiger partial charge is 0.237 e. The van der Waals surface area contributed by atoms with Crippen LogP contribution in [0.25, 0.3) is 0 Å². The predicted molar refractivity (Wildman–Crippen MR) is 30.6 cm³/mol. The molecule has 1 unspecified atom stereocenters. The van der Waals surface area contributed by atoms with Gasteiger partial charge >= 0.3 is 0 Å². The maximum Gasteiger partial charge on any atom is 0.237 e. The van der Waals surface area contributed by atoms with E-state index in [4.69, 9.17) is 9.84 Å². The van der Waals surface area contributed by atoms with Gasteiger partial charge in [0.15, 0.2) is 6.23 Å². The van der Waals surface area contributed by atoms with Crippen LogP contribution in [0.1, 0.15) is 6.92 Å². The first-order valence-electron chi connectivity index (χ1n) is 2.60. The lowest BCUT2D eigenvalue weighted by Gasteiger charge is -2.02. The number of aliphatic imine (C=N–C) groups is 1.